The van der Waals surface area contributed by atoms with E-state index < -0.39 is 5.97 Å². The molecule has 0 spiro atoms. The van der Waals surface area contributed by atoms with Crippen molar-refractivity contribution in [1.29, 1.82) is 0 Å². The molecule has 0 unspecified atom stereocenters. The van der Waals surface area contributed by atoms with Crippen LogP contribution in [0.3, 0.4) is 0 Å². The van der Waals surface area contributed by atoms with Crippen LogP contribution in [0.25, 0.3) is 0 Å². The molecule has 3 aromatic rings. The smallest absolute Gasteiger partial charge is 0.337 e. The minimum atomic E-state index is -0.920. The highest BCUT2D eigenvalue weighted by Crippen LogP contribution is 2.26. The van der Waals surface area contributed by atoms with Gasteiger partial charge in [-0.1, -0.05) is 61.5 Å². The minimum absolute atomic E-state index is 0.291. The Hall–Kier alpha value is -3.07. The molecule has 0 heterocycles. The predicted molar refractivity (Wildman–Crippen MR) is 106 cm³/mol. The van der Waals surface area contributed by atoms with Gasteiger partial charge < -0.3 is 10.4 Å². The van der Waals surface area contributed by atoms with Gasteiger partial charge in [0, 0.05) is 5.69 Å². The number of rotatable bonds is 7. The van der Waals surface area contributed by atoms with E-state index in [0.717, 1.165) is 30.5 Å². The van der Waals surface area contributed by atoms with E-state index >= 15 is 0 Å². The van der Waals surface area contributed by atoms with Gasteiger partial charge in [0.05, 0.1) is 11.3 Å². The summed E-state index contributed by atoms with van der Waals surface area (Å²) in [6.07, 6.45) is 2.69. The van der Waals surface area contributed by atoms with Crippen molar-refractivity contribution in [2.24, 2.45) is 0 Å². The molecule has 0 aromatic heterocycles. The average molecular weight is 345 g/mol. The molecule has 3 heteroatoms. The maximum Gasteiger partial charge on any atom is 0.337 e. The molecular formula is C23H23NO2. The van der Waals surface area contributed by atoms with Gasteiger partial charge in [-0.2, -0.15) is 0 Å². The fourth-order valence-corrected chi connectivity index (χ4v) is 3.07. The Morgan fingerprint density at radius 2 is 1.54 bits per heavy atom. The van der Waals surface area contributed by atoms with Crippen molar-refractivity contribution in [3.63, 3.8) is 0 Å². The molecule has 3 aromatic carbocycles. The summed E-state index contributed by atoms with van der Waals surface area (Å²) in [6.45, 7) is 2.09. The van der Waals surface area contributed by atoms with Crippen molar-refractivity contribution in [2.45, 2.75) is 26.2 Å². The Morgan fingerprint density at radius 1 is 0.846 bits per heavy atom. The van der Waals surface area contributed by atoms with Crippen LogP contribution in [0, 0.1) is 0 Å². The molecule has 0 aliphatic carbocycles. The number of carbonyl (C=O) groups is 1. The number of carboxylic acid groups (broad SMARTS) is 1. The number of benzene rings is 3. The molecule has 3 rings (SSSR count). The lowest BCUT2D eigenvalue weighted by molar-refractivity contribution is 0.0698. The van der Waals surface area contributed by atoms with Gasteiger partial charge in [-0.15, -0.1) is 0 Å². The van der Waals surface area contributed by atoms with Crippen LogP contribution in [0.5, 0.6) is 0 Å². The van der Waals surface area contributed by atoms with Crippen molar-refractivity contribution < 1.29 is 9.90 Å². The van der Waals surface area contributed by atoms with Gasteiger partial charge in [0.25, 0.3) is 0 Å². The zero-order valence-corrected chi connectivity index (χ0v) is 14.9. The van der Waals surface area contributed by atoms with Crippen LogP contribution < -0.4 is 5.32 Å². The van der Waals surface area contributed by atoms with E-state index in [4.69, 9.17) is 0 Å². The van der Waals surface area contributed by atoms with E-state index in [-0.39, 0.29) is 0 Å². The standard InChI is InChI=1S/C23H23NO2/c1-2-19-10-6-7-11-21(19)24-22-16-18(14-15-20(22)23(25)26)13-12-17-8-4-3-5-9-17/h3-11,14-16,24H,2,12-13H2,1H3,(H,25,26). The summed E-state index contributed by atoms with van der Waals surface area (Å²) in [5.74, 6) is -0.920. The Labute approximate surface area is 154 Å². The van der Waals surface area contributed by atoms with Crippen molar-refractivity contribution >= 4 is 17.3 Å². The minimum Gasteiger partial charge on any atom is -0.478 e. The van der Waals surface area contributed by atoms with Crippen LogP contribution in [0.15, 0.2) is 72.8 Å². The summed E-state index contributed by atoms with van der Waals surface area (Å²) in [4.78, 5) is 11.6. The van der Waals surface area contributed by atoms with Gasteiger partial charge in [-0.3, -0.25) is 0 Å². The quantitative estimate of drug-likeness (QED) is 0.596. The van der Waals surface area contributed by atoms with Crippen LogP contribution in [-0.2, 0) is 19.3 Å². The van der Waals surface area contributed by atoms with Crippen LogP contribution >= 0.6 is 0 Å². The highest BCUT2D eigenvalue weighted by molar-refractivity contribution is 5.95. The molecule has 0 bridgehead atoms. The highest BCUT2D eigenvalue weighted by Gasteiger charge is 2.12. The van der Waals surface area contributed by atoms with Gasteiger partial charge >= 0.3 is 5.97 Å². The number of nitrogens with one attached hydrogen (secondary N) is 1. The molecule has 3 nitrogen and oxygen atoms in total. The molecule has 26 heavy (non-hydrogen) atoms. The van der Waals surface area contributed by atoms with E-state index in [1.807, 2.05) is 48.5 Å². The summed E-state index contributed by atoms with van der Waals surface area (Å²) in [5.41, 5.74) is 5.45. The third-order valence-electron chi connectivity index (χ3n) is 4.53. The normalized spacial score (nSPS) is 10.5. The molecule has 0 aliphatic heterocycles. The summed E-state index contributed by atoms with van der Waals surface area (Å²) in [5, 5.41) is 12.9. The van der Waals surface area contributed by atoms with Gasteiger partial charge in [-0.25, -0.2) is 4.79 Å². The number of para-hydroxylation sites is 1. The number of aromatic carboxylic acids is 1. The highest BCUT2D eigenvalue weighted by atomic mass is 16.4. The fraction of sp³-hybridized carbons (Fsp3) is 0.174. The molecule has 0 fully saturated rings. The molecule has 132 valence electrons. The van der Waals surface area contributed by atoms with Crippen molar-refractivity contribution in [3.05, 3.63) is 95.1 Å². The largest absolute Gasteiger partial charge is 0.478 e. The second kappa shape index (κ2) is 8.34. The van der Waals surface area contributed by atoms with E-state index in [1.54, 1.807) is 6.07 Å². The first-order valence-electron chi connectivity index (χ1n) is 8.92. The van der Waals surface area contributed by atoms with E-state index in [0.29, 0.717) is 11.3 Å². The van der Waals surface area contributed by atoms with Gasteiger partial charge in [0.2, 0.25) is 0 Å². The zero-order chi connectivity index (χ0) is 18.4. The number of aryl methyl sites for hydroxylation is 3. The first kappa shape index (κ1) is 17.7. The van der Waals surface area contributed by atoms with E-state index in [1.165, 1.54) is 11.1 Å². The third kappa shape index (κ3) is 4.31. The molecule has 0 aliphatic rings. The second-order valence-electron chi connectivity index (χ2n) is 6.31. The molecule has 0 radical (unpaired) electrons. The van der Waals surface area contributed by atoms with Crippen LogP contribution in [0.2, 0.25) is 0 Å². The van der Waals surface area contributed by atoms with Crippen LogP contribution in [0.4, 0.5) is 11.4 Å². The van der Waals surface area contributed by atoms with Gasteiger partial charge in [0.15, 0.2) is 0 Å². The topological polar surface area (TPSA) is 49.3 Å². The Balaban J connectivity index is 1.85. The van der Waals surface area contributed by atoms with Crippen molar-refractivity contribution in [3.8, 4) is 0 Å². The zero-order valence-electron chi connectivity index (χ0n) is 14.9. The second-order valence-corrected chi connectivity index (χ2v) is 6.31. The van der Waals surface area contributed by atoms with Crippen LogP contribution in [0.1, 0.15) is 34.0 Å². The Kier molecular flexibility index (Phi) is 5.69. The molecular weight excluding hydrogens is 322 g/mol. The summed E-state index contributed by atoms with van der Waals surface area (Å²) >= 11 is 0. The monoisotopic (exact) mass is 345 g/mol. The Morgan fingerprint density at radius 3 is 2.27 bits per heavy atom. The van der Waals surface area contributed by atoms with Crippen molar-refractivity contribution in [2.75, 3.05) is 5.32 Å². The van der Waals surface area contributed by atoms with Gasteiger partial charge in [-0.05, 0) is 54.2 Å². The molecule has 0 amide bonds. The van der Waals surface area contributed by atoms with E-state index in [2.05, 4.69) is 30.4 Å². The number of carboxylic acids is 1. The number of anilines is 2. The Bertz CT molecular complexity index is 888. The number of hydrogen-bond donors (Lipinski definition) is 2. The predicted octanol–water partition coefficient (Wildman–Crippen LogP) is 5.48. The van der Waals surface area contributed by atoms with Gasteiger partial charge in [0.1, 0.15) is 0 Å². The molecule has 0 saturated heterocycles. The fourth-order valence-electron chi connectivity index (χ4n) is 3.07. The first-order chi connectivity index (χ1) is 12.7. The third-order valence-corrected chi connectivity index (χ3v) is 4.53. The summed E-state index contributed by atoms with van der Waals surface area (Å²) in [7, 11) is 0. The lowest BCUT2D eigenvalue weighted by Gasteiger charge is -2.14. The first-order valence-corrected chi connectivity index (χ1v) is 8.92. The average Bonchev–Trinajstić information content (AvgIpc) is 2.67. The van der Waals surface area contributed by atoms with Crippen molar-refractivity contribution in [1.82, 2.24) is 0 Å². The lowest BCUT2D eigenvalue weighted by atomic mass is 10.0. The molecule has 0 atom stereocenters. The summed E-state index contributed by atoms with van der Waals surface area (Å²) in [6, 6.07) is 23.9. The molecule has 2 N–H and O–H groups in total. The summed E-state index contributed by atoms with van der Waals surface area (Å²) < 4.78 is 0. The maximum atomic E-state index is 11.6. The lowest BCUT2D eigenvalue weighted by Crippen LogP contribution is -2.05. The SMILES string of the molecule is CCc1ccccc1Nc1cc(CCc2ccccc2)ccc1C(=O)O. The van der Waals surface area contributed by atoms with E-state index in [9.17, 15) is 9.90 Å². The molecule has 0 saturated carbocycles. The van der Waals surface area contributed by atoms with Crippen LogP contribution in [-0.4, -0.2) is 11.1 Å². The number of hydrogen-bond acceptors (Lipinski definition) is 2. The maximum absolute atomic E-state index is 11.6.